The van der Waals surface area contributed by atoms with E-state index in [0.29, 0.717) is 37.8 Å². The summed E-state index contributed by atoms with van der Waals surface area (Å²) in [5, 5.41) is 32.4. The molecular weight excluding hydrogens is 935 g/mol. The van der Waals surface area contributed by atoms with Crippen LogP contribution in [0.1, 0.15) is 64.5 Å². The van der Waals surface area contributed by atoms with Crippen LogP contribution < -0.4 is 10.6 Å². The zero-order chi connectivity index (χ0) is 46.2. The molecule has 8 aliphatic rings. The molecule has 65 heavy (non-hydrogen) atoms. The molecule has 0 aromatic carbocycles. The van der Waals surface area contributed by atoms with E-state index < -0.39 is 66.8 Å². The van der Waals surface area contributed by atoms with E-state index in [1.54, 1.807) is 9.80 Å². The second-order valence-electron chi connectivity index (χ2n) is 19.3. The number of amides is 2. The Kier molecular flexibility index (Phi) is 10.7. The van der Waals surface area contributed by atoms with Crippen LogP contribution in [0.4, 0.5) is 10.0 Å². The average molecular weight is 986 g/mol. The van der Waals surface area contributed by atoms with Gasteiger partial charge in [-0.05, 0) is 72.0 Å². The zero-order valence-electron chi connectivity index (χ0n) is 36.3. The first-order valence-corrected chi connectivity index (χ1v) is 28.4. The Labute approximate surface area is 386 Å². The minimum absolute atomic E-state index is 0.0142. The summed E-state index contributed by atoms with van der Waals surface area (Å²) < 4.78 is 92.3. The van der Waals surface area contributed by atoms with Gasteiger partial charge in [0.05, 0.1) is 6.26 Å². The number of amidine groups is 2. The van der Waals surface area contributed by atoms with Crippen molar-refractivity contribution in [3.63, 3.8) is 0 Å². The van der Waals surface area contributed by atoms with Gasteiger partial charge in [0.1, 0.15) is 42.5 Å². The number of aliphatic hydroxyl groups is 2. The minimum atomic E-state index is -4.58. The van der Waals surface area contributed by atoms with Crippen molar-refractivity contribution >= 4 is 86.2 Å². The van der Waals surface area contributed by atoms with E-state index >= 15 is 0 Å². The number of rotatable bonds is 13. The lowest BCUT2D eigenvalue weighted by atomic mass is 9.80. The van der Waals surface area contributed by atoms with E-state index in [1.165, 1.54) is 10.8 Å². The summed E-state index contributed by atoms with van der Waals surface area (Å²) >= 11 is 1.94. The molecule has 4 bridgehead atoms. The fourth-order valence-corrected chi connectivity index (χ4v) is 17.2. The fourth-order valence-electron chi connectivity index (χ4n) is 11.2. The molecule has 348 valence electrons. The van der Waals surface area contributed by atoms with Crippen molar-refractivity contribution in [3.8, 4) is 0 Å². The molecule has 10 rings (SSSR count). The topological polar surface area (TPSA) is 236 Å². The monoisotopic (exact) mass is 985 g/mol. The Morgan fingerprint density at radius 3 is 1.46 bits per heavy atom. The molecular formula is C43H51N7O10S5. The second-order valence-corrected chi connectivity index (χ2v) is 26.1. The highest BCUT2D eigenvalue weighted by atomic mass is 32.2. The van der Waals surface area contributed by atoms with Crippen molar-refractivity contribution in [2.45, 2.75) is 88.3 Å². The smallest absolute Gasteiger partial charge is 0.287 e. The molecule has 4 N–H and O–H groups in total. The van der Waals surface area contributed by atoms with Crippen LogP contribution in [0.15, 0.2) is 76.3 Å². The molecule has 0 radical (unpaired) electrons. The zero-order valence-corrected chi connectivity index (χ0v) is 40.4. The standard InChI is InChI=1S/C43H51N7O10S5/c1-20(2)10-12-49-32-24-8-6-22(14-24)28(32)34(51)30(42(49)53)38-44-40-36(64(57,58)46-38)26(18-61-40)16-48(63(5,55)56)17-27-19-62-41-37(27)65(59,60)47-39(45-41)31-35(52)29-23-7-9-25(15-23)33(29)50(43(31)54)13-11-21(3)4/h6-9,18-25,28-29,32-33,51-52H,10-17H2,1-5H3,(H,44,46)(H,45,47). The number of sulfonamides is 3. The summed E-state index contributed by atoms with van der Waals surface area (Å²) in [5.41, 5.74) is -0.267. The van der Waals surface area contributed by atoms with E-state index in [9.17, 15) is 45.1 Å². The van der Waals surface area contributed by atoms with Crippen molar-refractivity contribution < 1.29 is 45.1 Å². The quantitative estimate of drug-likeness (QED) is 0.180. The summed E-state index contributed by atoms with van der Waals surface area (Å²) in [4.78, 5) is 31.3. The molecule has 2 aromatic rings. The number of carbonyl (C=O) groups excluding carboxylic acids is 2. The summed E-state index contributed by atoms with van der Waals surface area (Å²) in [6.45, 7) is 8.09. The molecule has 8 atom stereocenters. The highest BCUT2D eigenvalue weighted by Gasteiger charge is 2.57. The van der Waals surface area contributed by atoms with Crippen LogP contribution in [-0.4, -0.2) is 104 Å². The first kappa shape index (κ1) is 44.5. The van der Waals surface area contributed by atoms with E-state index in [1.807, 2.05) is 12.2 Å². The largest absolute Gasteiger partial charge is 0.511 e. The first-order chi connectivity index (χ1) is 30.6. The predicted molar refractivity (Wildman–Crippen MR) is 247 cm³/mol. The molecule has 2 fully saturated rings. The van der Waals surface area contributed by atoms with Crippen molar-refractivity contribution in [1.82, 2.24) is 14.1 Å². The lowest BCUT2D eigenvalue weighted by Crippen LogP contribution is -2.54. The van der Waals surface area contributed by atoms with E-state index in [0.717, 1.165) is 46.1 Å². The van der Waals surface area contributed by atoms with Gasteiger partial charge in [-0.25, -0.2) is 8.42 Å². The van der Waals surface area contributed by atoms with Gasteiger partial charge in [-0.1, -0.05) is 52.0 Å². The van der Waals surface area contributed by atoms with Crippen LogP contribution in [0.25, 0.3) is 0 Å². The molecule has 4 aliphatic carbocycles. The highest BCUT2D eigenvalue weighted by Crippen LogP contribution is 2.54. The lowest BCUT2D eigenvalue weighted by Gasteiger charge is -2.42. The Bertz CT molecular complexity index is 2780. The Hall–Kier alpha value is -4.35. The molecule has 2 aromatic heterocycles. The van der Waals surface area contributed by atoms with Crippen LogP contribution in [0.5, 0.6) is 0 Å². The van der Waals surface area contributed by atoms with Crippen molar-refractivity contribution in [2.24, 2.45) is 56.1 Å². The highest BCUT2D eigenvalue weighted by molar-refractivity contribution is 7.91. The number of nitrogens with zero attached hydrogens (tertiary/aromatic N) is 5. The number of anilines is 2. The average Bonchev–Trinajstić information content (AvgIpc) is 4.07. The van der Waals surface area contributed by atoms with Crippen molar-refractivity contribution in [1.29, 1.82) is 0 Å². The number of hydrogen-bond donors (Lipinski definition) is 4. The number of fused-ring (bicyclic) bond motifs is 12. The summed E-state index contributed by atoms with van der Waals surface area (Å²) in [6.07, 6.45) is 12.2. The third-order valence-electron chi connectivity index (χ3n) is 14.2. The lowest BCUT2D eigenvalue weighted by molar-refractivity contribution is -0.133. The number of carbonyl (C=O) groups is 2. The molecule has 2 saturated carbocycles. The normalized spacial score (nSPS) is 30.3. The van der Waals surface area contributed by atoms with Gasteiger partial charge < -0.3 is 30.6 Å². The van der Waals surface area contributed by atoms with Gasteiger partial charge in [0.2, 0.25) is 10.0 Å². The molecule has 22 heteroatoms. The first-order valence-electron chi connectivity index (χ1n) is 21.9. The summed E-state index contributed by atoms with van der Waals surface area (Å²) in [7, 11) is -13.3. The molecule has 17 nitrogen and oxygen atoms in total. The van der Waals surface area contributed by atoms with E-state index in [-0.39, 0.29) is 101 Å². The fraction of sp³-hybridized carbons (Fsp3) is 0.535. The number of hydrogen-bond acceptors (Lipinski definition) is 14. The predicted octanol–water partition coefficient (Wildman–Crippen LogP) is 5.58. The van der Waals surface area contributed by atoms with Gasteiger partial charge in [-0.15, -0.1) is 31.5 Å². The van der Waals surface area contributed by atoms with Crippen LogP contribution in [0, 0.1) is 47.3 Å². The van der Waals surface area contributed by atoms with E-state index in [4.69, 9.17) is 0 Å². The SMILES string of the molecule is CC(C)CCN1C(=O)C(C2=NS(=O)(=O)c3c(CN(Cc4csc5c4S(=O)(=O)N=C(C4=C(O)C6C7C=CC(C7)C6N(CCC(C)C)C4=O)N5)S(C)(=O)=O)csc3N2)=C(O)C2C3C=CC(C3)C21. The van der Waals surface area contributed by atoms with E-state index in [2.05, 4.69) is 59.3 Å². The number of nitrogens with one attached hydrogen (secondary N) is 2. The third kappa shape index (κ3) is 7.22. The van der Waals surface area contributed by atoms with Gasteiger partial charge in [-0.3, -0.25) is 9.59 Å². The molecule has 2 amide bonds. The molecule has 0 saturated heterocycles. The molecule has 8 unspecified atom stereocenters. The van der Waals surface area contributed by atoms with Gasteiger partial charge in [0.25, 0.3) is 31.9 Å². The van der Waals surface area contributed by atoms with Gasteiger partial charge in [0, 0.05) is 61.2 Å². The van der Waals surface area contributed by atoms with Crippen LogP contribution >= 0.6 is 22.7 Å². The van der Waals surface area contributed by atoms with Crippen LogP contribution in [-0.2, 0) is 52.7 Å². The van der Waals surface area contributed by atoms with Gasteiger partial charge in [-0.2, -0.15) is 21.1 Å². The van der Waals surface area contributed by atoms with Crippen LogP contribution in [0.3, 0.4) is 0 Å². The molecule has 4 aliphatic heterocycles. The minimum Gasteiger partial charge on any atom is -0.511 e. The maximum absolute atomic E-state index is 14.2. The maximum atomic E-state index is 14.2. The number of thiophene rings is 2. The molecule has 6 heterocycles. The van der Waals surface area contributed by atoms with Gasteiger partial charge in [0.15, 0.2) is 11.7 Å². The Morgan fingerprint density at radius 1 is 0.708 bits per heavy atom. The summed E-state index contributed by atoms with van der Waals surface area (Å²) in [5.74, 6) is -2.11. The third-order valence-corrected chi connectivity index (χ3v) is 20.4. The van der Waals surface area contributed by atoms with Crippen molar-refractivity contribution in [3.05, 3.63) is 68.9 Å². The second kappa shape index (κ2) is 15.6. The molecule has 0 spiro atoms. The van der Waals surface area contributed by atoms with Crippen molar-refractivity contribution in [2.75, 3.05) is 30.0 Å². The maximum Gasteiger partial charge on any atom is 0.287 e. The summed E-state index contributed by atoms with van der Waals surface area (Å²) in [6, 6.07) is -0.491. The Morgan fingerprint density at radius 2 is 1.09 bits per heavy atom. The van der Waals surface area contributed by atoms with Gasteiger partial charge >= 0.3 is 0 Å². The number of allylic oxidation sites excluding steroid dienone is 2. The van der Waals surface area contributed by atoms with Crippen LogP contribution in [0.2, 0.25) is 0 Å². The Balaban J connectivity index is 0.926. The number of aliphatic hydroxyl groups excluding tert-OH is 2.